The standard InChI is InChI=1S/C14H17N3O2/c18-10-2-1-9-17-11(10)15-16-12(17)13-3-6-14(19,7-4-13)8-5-13/h1-2,9,18-19H,3-8H2. The van der Waals surface area contributed by atoms with Crippen molar-refractivity contribution in [1.82, 2.24) is 14.6 Å². The second-order valence-corrected chi connectivity index (χ2v) is 6.12. The normalized spacial score (nSPS) is 33.9. The molecular formula is C14H17N3O2. The average Bonchev–Trinajstić information content (AvgIpc) is 2.86. The molecule has 0 amide bonds. The molecule has 0 aliphatic heterocycles. The minimum absolute atomic E-state index is 0.0255. The molecule has 5 rings (SSSR count). The molecule has 2 aromatic rings. The zero-order valence-corrected chi connectivity index (χ0v) is 10.7. The molecule has 0 unspecified atom stereocenters. The molecule has 0 atom stereocenters. The van der Waals surface area contributed by atoms with Crippen molar-refractivity contribution in [3.8, 4) is 5.75 Å². The molecule has 3 aliphatic rings. The second-order valence-electron chi connectivity index (χ2n) is 6.12. The van der Waals surface area contributed by atoms with Crippen molar-refractivity contribution in [3.63, 3.8) is 0 Å². The van der Waals surface area contributed by atoms with E-state index in [1.54, 1.807) is 6.07 Å². The van der Waals surface area contributed by atoms with Crippen LogP contribution in [0.5, 0.6) is 5.75 Å². The maximum absolute atomic E-state index is 10.3. The van der Waals surface area contributed by atoms with Gasteiger partial charge in [-0.3, -0.25) is 4.40 Å². The highest BCUT2D eigenvalue weighted by Crippen LogP contribution is 2.53. The lowest BCUT2D eigenvalue weighted by atomic mass is 9.58. The van der Waals surface area contributed by atoms with Crippen LogP contribution in [0, 0.1) is 0 Å². The summed E-state index contributed by atoms with van der Waals surface area (Å²) in [5.74, 6) is 1.11. The lowest BCUT2D eigenvalue weighted by Gasteiger charge is -2.49. The van der Waals surface area contributed by atoms with Crippen LogP contribution in [0.4, 0.5) is 0 Å². The van der Waals surface area contributed by atoms with E-state index < -0.39 is 5.60 Å². The average molecular weight is 259 g/mol. The van der Waals surface area contributed by atoms with Crippen molar-refractivity contribution in [2.45, 2.75) is 49.5 Å². The predicted molar refractivity (Wildman–Crippen MR) is 69.0 cm³/mol. The molecule has 3 saturated carbocycles. The molecule has 0 aromatic carbocycles. The molecule has 3 aliphatic carbocycles. The minimum atomic E-state index is -0.440. The van der Waals surface area contributed by atoms with E-state index in [4.69, 9.17) is 0 Å². The number of rotatable bonds is 1. The van der Waals surface area contributed by atoms with Gasteiger partial charge in [0, 0.05) is 11.6 Å². The van der Waals surface area contributed by atoms with Crippen molar-refractivity contribution in [2.24, 2.45) is 0 Å². The van der Waals surface area contributed by atoms with Crippen molar-refractivity contribution in [3.05, 3.63) is 24.2 Å². The van der Waals surface area contributed by atoms with Crippen LogP contribution in [0.2, 0.25) is 0 Å². The molecule has 0 spiro atoms. The van der Waals surface area contributed by atoms with E-state index in [1.807, 2.05) is 16.7 Å². The highest BCUT2D eigenvalue weighted by Gasteiger charge is 2.50. The van der Waals surface area contributed by atoms with Crippen LogP contribution >= 0.6 is 0 Å². The van der Waals surface area contributed by atoms with Gasteiger partial charge in [0.1, 0.15) is 5.82 Å². The summed E-state index contributed by atoms with van der Waals surface area (Å²) in [5.41, 5.74) is 0.112. The summed E-state index contributed by atoms with van der Waals surface area (Å²) in [5, 5.41) is 28.6. The number of aromatic hydroxyl groups is 1. The fraction of sp³-hybridized carbons (Fsp3) is 0.571. The van der Waals surface area contributed by atoms with Crippen LogP contribution in [0.15, 0.2) is 18.3 Å². The van der Waals surface area contributed by atoms with Gasteiger partial charge in [0.15, 0.2) is 5.75 Å². The molecule has 100 valence electrons. The second kappa shape index (κ2) is 3.48. The third-order valence-electron chi connectivity index (χ3n) is 5.10. The van der Waals surface area contributed by atoms with E-state index in [9.17, 15) is 10.2 Å². The first-order chi connectivity index (χ1) is 9.12. The van der Waals surface area contributed by atoms with Crippen LogP contribution in [-0.2, 0) is 5.41 Å². The van der Waals surface area contributed by atoms with Crippen molar-refractivity contribution in [2.75, 3.05) is 0 Å². The van der Waals surface area contributed by atoms with Gasteiger partial charge in [-0.1, -0.05) is 0 Å². The highest BCUT2D eigenvalue weighted by molar-refractivity contribution is 5.52. The molecule has 5 heteroatoms. The number of hydrogen-bond acceptors (Lipinski definition) is 4. The van der Waals surface area contributed by atoms with E-state index in [-0.39, 0.29) is 11.2 Å². The molecule has 2 bridgehead atoms. The first-order valence-electron chi connectivity index (χ1n) is 6.88. The molecule has 2 heterocycles. The summed E-state index contributed by atoms with van der Waals surface area (Å²) in [6.07, 6.45) is 7.33. The molecule has 2 N–H and O–H groups in total. The third-order valence-corrected chi connectivity index (χ3v) is 5.10. The Bertz CT molecular complexity index is 625. The lowest BCUT2D eigenvalue weighted by Crippen LogP contribution is -2.48. The Morgan fingerprint density at radius 2 is 1.74 bits per heavy atom. The molecule has 19 heavy (non-hydrogen) atoms. The van der Waals surface area contributed by atoms with Crippen LogP contribution in [0.3, 0.4) is 0 Å². The van der Waals surface area contributed by atoms with Gasteiger partial charge in [-0.05, 0) is 50.7 Å². The van der Waals surface area contributed by atoms with E-state index in [0.717, 1.165) is 44.3 Å². The van der Waals surface area contributed by atoms with Crippen molar-refractivity contribution < 1.29 is 10.2 Å². The summed E-state index contributed by atoms with van der Waals surface area (Å²) in [7, 11) is 0. The van der Waals surface area contributed by atoms with Gasteiger partial charge < -0.3 is 10.2 Å². The summed E-state index contributed by atoms with van der Waals surface area (Å²) in [6, 6.07) is 3.44. The maximum Gasteiger partial charge on any atom is 0.203 e. The first kappa shape index (κ1) is 11.2. The molecule has 5 nitrogen and oxygen atoms in total. The number of aliphatic hydroxyl groups is 1. The molecule has 0 saturated heterocycles. The minimum Gasteiger partial charge on any atom is -0.504 e. The molecular weight excluding hydrogens is 242 g/mol. The Morgan fingerprint density at radius 1 is 1.05 bits per heavy atom. The van der Waals surface area contributed by atoms with Gasteiger partial charge in [-0.2, -0.15) is 0 Å². The van der Waals surface area contributed by atoms with Gasteiger partial charge in [0.25, 0.3) is 0 Å². The van der Waals surface area contributed by atoms with Crippen LogP contribution in [-0.4, -0.2) is 30.4 Å². The Hall–Kier alpha value is -1.62. The predicted octanol–water partition coefficient (Wildman–Crippen LogP) is 1.77. The summed E-state index contributed by atoms with van der Waals surface area (Å²) in [6.45, 7) is 0. The number of aromatic nitrogens is 3. The van der Waals surface area contributed by atoms with E-state index in [0.29, 0.717) is 5.65 Å². The fourth-order valence-corrected chi connectivity index (χ4v) is 3.76. The Kier molecular flexibility index (Phi) is 2.05. The summed E-state index contributed by atoms with van der Waals surface area (Å²) < 4.78 is 1.91. The highest BCUT2D eigenvalue weighted by atomic mass is 16.3. The van der Waals surface area contributed by atoms with Gasteiger partial charge in [-0.25, -0.2) is 0 Å². The zero-order valence-electron chi connectivity index (χ0n) is 10.7. The Morgan fingerprint density at radius 3 is 2.42 bits per heavy atom. The number of pyridine rings is 1. The van der Waals surface area contributed by atoms with Crippen molar-refractivity contribution >= 4 is 5.65 Å². The lowest BCUT2D eigenvalue weighted by molar-refractivity contribution is -0.0682. The van der Waals surface area contributed by atoms with Gasteiger partial charge >= 0.3 is 0 Å². The Balaban J connectivity index is 1.85. The van der Waals surface area contributed by atoms with Crippen LogP contribution in [0.25, 0.3) is 5.65 Å². The third kappa shape index (κ3) is 1.45. The first-order valence-corrected chi connectivity index (χ1v) is 6.88. The fourth-order valence-electron chi connectivity index (χ4n) is 3.76. The molecule has 3 fully saturated rings. The van der Waals surface area contributed by atoms with Gasteiger partial charge in [-0.15, -0.1) is 10.2 Å². The number of nitrogens with zero attached hydrogens (tertiary/aromatic N) is 3. The monoisotopic (exact) mass is 259 g/mol. The van der Waals surface area contributed by atoms with Gasteiger partial charge in [0.05, 0.1) is 5.60 Å². The van der Waals surface area contributed by atoms with E-state index in [1.165, 1.54) is 0 Å². The number of fused-ring (bicyclic) bond motifs is 4. The maximum atomic E-state index is 10.3. The van der Waals surface area contributed by atoms with E-state index >= 15 is 0 Å². The van der Waals surface area contributed by atoms with Gasteiger partial charge in [0.2, 0.25) is 5.65 Å². The van der Waals surface area contributed by atoms with E-state index in [2.05, 4.69) is 10.2 Å². The number of hydrogen-bond donors (Lipinski definition) is 2. The zero-order chi connectivity index (χ0) is 13.1. The summed E-state index contributed by atoms with van der Waals surface area (Å²) >= 11 is 0. The smallest absolute Gasteiger partial charge is 0.203 e. The quantitative estimate of drug-likeness (QED) is 0.819. The van der Waals surface area contributed by atoms with Crippen molar-refractivity contribution in [1.29, 1.82) is 0 Å². The Labute approximate surface area is 110 Å². The van der Waals surface area contributed by atoms with Crippen LogP contribution < -0.4 is 0 Å². The molecule has 0 radical (unpaired) electrons. The SMILES string of the molecule is Oc1cccn2c(C34CCC(O)(CC3)CC4)nnc12. The van der Waals surface area contributed by atoms with Crippen LogP contribution in [0.1, 0.15) is 44.3 Å². The summed E-state index contributed by atoms with van der Waals surface area (Å²) in [4.78, 5) is 0. The molecule has 2 aromatic heterocycles. The topological polar surface area (TPSA) is 70.7 Å². The largest absolute Gasteiger partial charge is 0.504 e.